The Hall–Kier alpha value is -2.15. The summed E-state index contributed by atoms with van der Waals surface area (Å²) in [5.74, 6) is -0.447. The SMILES string of the molecule is CCOC(=O)CC(=N)Cl.O=[N+]([O-])c1ccc2cc1N2. The van der Waals surface area contributed by atoms with E-state index < -0.39 is 10.9 Å². The lowest BCUT2D eigenvalue weighted by molar-refractivity contribution is -0.384. The molecule has 102 valence electrons. The number of nitrogens with zero attached hydrogens (tertiary/aromatic N) is 1. The number of hydrogen-bond acceptors (Lipinski definition) is 6. The number of anilines is 2. The molecule has 0 saturated heterocycles. The van der Waals surface area contributed by atoms with Crippen LogP contribution in [0.3, 0.4) is 0 Å². The van der Waals surface area contributed by atoms with Gasteiger partial charge in [-0.2, -0.15) is 0 Å². The summed E-state index contributed by atoms with van der Waals surface area (Å²) >= 11 is 5.09. The molecule has 2 N–H and O–H groups in total. The zero-order chi connectivity index (χ0) is 14.4. The van der Waals surface area contributed by atoms with Crippen LogP contribution in [0.2, 0.25) is 0 Å². The van der Waals surface area contributed by atoms with Gasteiger partial charge in [-0.25, -0.2) is 0 Å². The van der Waals surface area contributed by atoms with Crippen molar-refractivity contribution >= 4 is 39.8 Å². The highest BCUT2D eigenvalue weighted by Crippen LogP contribution is 2.37. The van der Waals surface area contributed by atoms with E-state index in [4.69, 9.17) is 17.0 Å². The van der Waals surface area contributed by atoms with Gasteiger partial charge in [0.05, 0.1) is 18.0 Å². The molecule has 1 aromatic rings. The number of esters is 1. The first kappa shape index (κ1) is 14.9. The maximum atomic E-state index is 10.4. The van der Waals surface area contributed by atoms with Crippen LogP contribution in [0, 0.1) is 15.5 Å². The van der Waals surface area contributed by atoms with Crippen molar-refractivity contribution in [3.05, 3.63) is 28.3 Å². The number of halogens is 1. The molecule has 0 spiro atoms. The zero-order valence-electron chi connectivity index (χ0n) is 10.1. The Bertz CT molecular complexity index is 515. The summed E-state index contributed by atoms with van der Waals surface area (Å²) in [5, 5.41) is 19.5. The summed E-state index contributed by atoms with van der Waals surface area (Å²) < 4.78 is 4.49. The maximum Gasteiger partial charge on any atom is 0.312 e. The lowest BCUT2D eigenvalue weighted by Crippen LogP contribution is -2.06. The molecule has 8 heteroatoms. The average Bonchev–Trinajstić information content (AvgIpc) is 2.28. The van der Waals surface area contributed by atoms with Gasteiger partial charge in [0.2, 0.25) is 0 Å². The monoisotopic (exact) mass is 285 g/mol. The number of nitrogens with one attached hydrogen (secondary N) is 2. The van der Waals surface area contributed by atoms with Crippen LogP contribution in [0.1, 0.15) is 13.3 Å². The third-order valence-electron chi connectivity index (χ3n) is 2.08. The number of hydrogen-bond donors (Lipinski definition) is 2. The Balaban J connectivity index is 0.000000192. The quantitative estimate of drug-likeness (QED) is 0.389. The van der Waals surface area contributed by atoms with Crippen molar-refractivity contribution in [2.75, 3.05) is 11.9 Å². The Morgan fingerprint density at radius 2 is 2.21 bits per heavy atom. The van der Waals surface area contributed by atoms with Crippen LogP contribution in [0.25, 0.3) is 0 Å². The summed E-state index contributed by atoms with van der Waals surface area (Å²) in [6.07, 6.45) is -0.116. The standard InChI is InChI=1S/C6H4N2O2.C5H8ClNO2/c9-8(10)6-2-1-4-3-5(6)7-4;1-2-9-5(8)3-4(6)7/h1-3,7H;7H,2-3H2,1H3. The van der Waals surface area contributed by atoms with Gasteiger partial charge in [0, 0.05) is 11.8 Å². The number of rotatable bonds is 4. The third-order valence-corrected chi connectivity index (χ3v) is 2.21. The third kappa shape index (κ3) is 4.55. The van der Waals surface area contributed by atoms with E-state index in [0.717, 1.165) is 5.69 Å². The molecule has 19 heavy (non-hydrogen) atoms. The fraction of sp³-hybridized carbons (Fsp3) is 0.273. The minimum atomic E-state index is -0.447. The van der Waals surface area contributed by atoms with Crippen molar-refractivity contribution in [3.63, 3.8) is 0 Å². The maximum absolute atomic E-state index is 10.4. The summed E-state index contributed by atoms with van der Waals surface area (Å²) in [4.78, 5) is 20.2. The normalized spacial score (nSPS) is 10.2. The molecule has 2 aliphatic heterocycles. The lowest BCUT2D eigenvalue weighted by Gasteiger charge is -2.16. The van der Waals surface area contributed by atoms with Crippen molar-refractivity contribution < 1.29 is 14.5 Å². The molecule has 2 bridgehead atoms. The average molecular weight is 286 g/mol. The molecule has 0 aromatic heterocycles. The fourth-order valence-electron chi connectivity index (χ4n) is 1.29. The zero-order valence-corrected chi connectivity index (χ0v) is 10.9. The topological polar surface area (TPSA) is 105 Å². The summed E-state index contributed by atoms with van der Waals surface area (Å²) in [6, 6.07) is 4.93. The molecule has 0 aliphatic carbocycles. The molecule has 0 radical (unpaired) electrons. The predicted octanol–water partition coefficient (Wildman–Crippen LogP) is 2.81. The summed E-state index contributed by atoms with van der Waals surface area (Å²) in [5.41, 5.74) is 1.71. The van der Waals surface area contributed by atoms with E-state index in [1.165, 1.54) is 6.07 Å². The first-order chi connectivity index (χ1) is 8.93. The van der Waals surface area contributed by atoms with Gasteiger partial charge in [0.15, 0.2) is 0 Å². The smallest absolute Gasteiger partial charge is 0.312 e. The van der Waals surface area contributed by atoms with Gasteiger partial charge >= 0.3 is 5.97 Å². The van der Waals surface area contributed by atoms with E-state index in [2.05, 4.69) is 10.1 Å². The number of carbonyl (C=O) groups excluding carboxylic acids is 1. The molecule has 0 amide bonds. The highest BCUT2D eigenvalue weighted by molar-refractivity contribution is 6.65. The van der Waals surface area contributed by atoms with E-state index >= 15 is 0 Å². The molecular weight excluding hydrogens is 274 g/mol. The number of nitro groups is 1. The van der Waals surface area contributed by atoms with E-state index in [1.54, 1.807) is 19.1 Å². The molecule has 2 heterocycles. The highest BCUT2D eigenvalue weighted by Gasteiger charge is 2.20. The molecule has 0 saturated carbocycles. The van der Waals surface area contributed by atoms with E-state index in [-0.39, 0.29) is 17.3 Å². The van der Waals surface area contributed by atoms with Crippen LogP contribution in [0.5, 0.6) is 0 Å². The van der Waals surface area contributed by atoms with Crippen molar-refractivity contribution in [1.82, 2.24) is 0 Å². The second-order valence-electron chi connectivity index (χ2n) is 3.50. The Morgan fingerprint density at radius 1 is 1.58 bits per heavy atom. The molecule has 1 aromatic carbocycles. The second kappa shape index (κ2) is 6.69. The number of nitro benzene ring substituents is 1. The van der Waals surface area contributed by atoms with Crippen LogP contribution >= 0.6 is 11.6 Å². The van der Waals surface area contributed by atoms with Crippen molar-refractivity contribution in [1.29, 1.82) is 5.41 Å². The first-order valence-electron chi connectivity index (χ1n) is 5.38. The molecule has 0 fully saturated rings. The largest absolute Gasteiger partial charge is 0.466 e. The molecule has 0 atom stereocenters. The van der Waals surface area contributed by atoms with Crippen LogP contribution in [-0.4, -0.2) is 22.7 Å². The minimum Gasteiger partial charge on any atom is -0.466 e. The lowest BCUT2D eigenvalue weighted by atomic mass is 10.1. The van der Waals surface area contributed by atoms with Crippen molar-refractivity contribution in [3.8, 4) is 0 Å². The van der Waals surface area contributed by atoms with Crippen LogP contribution in [0.15, 0.2) is 18.2 Å². The van der Waals surface area contributed by atoms with E-state index in [1.807, 2.05) is 0 Å². The predicted molar refractivity (Wildman–Crippen MR) is 71.2 cm³/mol. The van der Waals surface area contributed by atoms with E-state index in [9.17, 15) is 14.9 Å². The molecule has 2 aliphatic rings. The summed E-state index contributed by atoms with van der Waals surface area (Å²) in [6.45, 7) is 2.04. The van der Waals surface area contributed by atoms with Crippen molar-refractivity contribution in [2.45, 2.75) is 13.3 Å². The van der Waals surface area contributed by atoms with Gasteiger partial charge < -0.3 is 10.1 Å². The van der Waals surface area contributed by atoms with Crippen LogP contribution in [0.4, 0.5) is 17.1 Å². The van der Waals surface area contributed by atoms with E-state index in [0.29, 0.717) is 12.3 Å². The number of ether oxygens (including phenoxy) is 1. The first-order valence-corrected chi connectivity index (χ1v) is 5.75. The minimum absolute atomic E-state index is 0.116. The molecule has 3 rings (SSSR count). The highest BCUT2D eigenvalue weighted by atomic mass is 35.5. The van der Waals surface area contributed by atoms with Crippen molar-refractivity contribution in [2.24, 2.45) is 0 Å². The van der Waals surface area contributed by atoms with Crippen LogP contribution in [-0.2, 0) is 9.53 Å². The van der Waals surface area contributed by atoms with Gasteiger partial charge in [-0.15, -0.1) is 0 Å². The van der Waals surface area contributed by atoms with Gasteiger partial charge in [-0.05, 0) is 19.1 Å². The fourth-order valence-corrected chi connectivity index (χ4v) is 1.40. The number of fused-ring (bicyclic) bond motifs is 2. The molecular formula is C11H12ClN3O4. The van der Waals surface area contributed by atoms with Gasteiger partial charge in [-0.3, -0.25) is 20.3 Å². The van der Waals surface area contributed by atoms with Gasteiger partial charge in [0.25, 0.3) is 5.69 Å². The van der Waals surface area contributed by atoms with Gasteiger partial charge in [-0.1, -0.05) is 11.6 Å². The van der Waals surface area contributed by atoms with Gasteiger partial charge in [0.1, 0.15) is 10.9 Å². The molecule has 0 unspecified atom stereocenters. The Kier molecular flexibility index (Phi) is 5.25. The Morgan fingerprint density at radius 3 is 2.53 bits per heavy atom. The van der Waals surface area contributed by atoms with Crippen LogP contribution < -0.4 is 5.32 Å². The second-order valence-corrected chi connectivity index (χ2v) is 3.96. The number of benzene rings is 1. The molecule has 7 nitrogen and oxygen atoms in total. The number of carbonyl (C=O) groups is 1. The summed E-state index contributed by atoms with van der Waals surface area (Å²) in [7, 11) is 0. The Labute approximate surface area is 114 Å².